The maximum Gasteiger partial charge on any atom is 0.320 e. The Morgan fingerprint density at radius 1 is 1.67 bits per heavy atom. The van der Waals surface area contributed by atoms with Gasteiger partial charge in [0.05, 0.1) is 25.9 Å². The van der Waals surface area contributed by atoms with Crippen LogP contribution in [-0.2, 0) is 14.3 Å². The van der Waals surface area contributed by atoms with Crippen LogP contribution in [0.5, 0.6) is 0 Å². The van der Waals surface area contributed by atoms with Crippen LogP contribution >= 0.6 is 0 Å². The molecule has 1 unspecified atom stereocenters. The van der Waals surface area contributed by atoms with Crippen molar-refractivity contribution in [1.29, 1.82) is 0 Å². The van der Waals surface area contributed by atoms with E-state index >= 15 is 0 Å². The summed E-state index contributed by atoms with van der Waals surface area (Å²) >= 11 is 0. The summed E-state index contributed by atoms with van der Waals surface area (Å²) in [5, 5.41) is 3.07. The molecular formula is C10H20N2O3. The number of nitrogens with one attached hydrogen (secondary N) is 1. The van der Waals surface area contributed by atoms with Gasteiger partial charge in [0.1, 0.15) is 0 Å². The molecule has 0 saturated carbocycles. The van der Waals surface area contributed by atoms with Crippen LogP contribution in [0.4, 0.5) is 0 Å². The van der Waals surface area contributed by atoms with Gasteiger partial charge in [0.2, 0.25) is 0 Å². The van der Waals surface area contributed by atoms with Crippen molar-refractivity contribution in [2.75, 3.05) is 46.4 Å². The SMILES string of the molecule is CCOC(=O)CN1CCOC(CNC)C1. The van der Waals surface area contributed by atoms with E-state index in [1.165, 1.54) is 0 Å². The first-order valence-corrected chi connectivity index (χ1v) is 5.40. The Kier molecular flexibility index (Phi) is 5.60. The predicted molar refractivity (Wildman–Crippen MR) is 56.7 cm³/mol. The summed E-state index contributed by atoms with van der Waals surface area (Å²) in [6.45, 7) is 5.74. The van der Waals surface area contributed by atoms with Gasteiger partial charge >= 0.3 is 5.97 Å². The van der Waals surface area contributed by atoms with Crippen molar-refractivity contribution in [1.82, 2.24) is 10.2 Å². The Morgan fingerprint density at radius 2 is 2.47 bits per heavy atom. The Morgan fingerprint density at radius 3 is 3.13 bits per heavy atom. The molecule has 5 heteroatoms. The molecular weight excluding hydrogens is 196 g/mol. The molecule has 1 saturated heterocycles. The van der Waals surface area contributed by atoms with Crippen LogP contribution in [0.2, 0.25) is 0 Å². The first kappa shape index (κ1) is 12.4. The number of rotatable bonds is 5. The Bertz CT molecular complexity index is 197. The highest BCUT2D eigenvalue weighted by atomic mass is 16.5. The lowest BCUT2D eigenvalue weighted by atomic mass is 10.2. The molecule has 88 valence electrons. The zero-order chi connectivity index (χ0) is 11.1. The normalized spacial score (nSPS) is 22.7. The minimum atomic E-state index is -0.150. The number of likely N-dealkylation sites (N-methyl/N-ethyl adjacent to an activating group) is 1. The highest BCUT2D eigenvalue weighted by molar-refractivity contribution is 5.71. The van der Waals surface area contributed by atoms with Gasteiger partial charge in [0, 0.05) is 19.6 Å². The molecule has 1 heterocycles. The fourth-order valence-corrected chi connectivity index (χ4v) is 1.66. The van der Waals surface area contributed by atoms with E-state index in [1.807, 2.05) is 14.0 Å². The summed E-state index contributed by atoms with van der Waals surface area (Å²) in [5.41, 5.74) is 0. The molecule has 1 fully saturated rings. The standard InChI is InChI=1S/C10H20N2O3/c1-3-14-10(13)8-12-4-5-15-9(7-12)6-11-2/h9,11H,3-8H2,1-2H3. The molecule has 1 aliphatic rings. The van der Waals surface area contributed by atoms with E-state index in [0.717, 1.165) is 19.6 Å². The Balaban J connectivity index is 2.26. The number of nitrogens with zero attached hydrogens (tertiary/aromatic N) is 1. The summed E-state index contributed by atoms with van der Waals surface area (Å²) < 4.78 is 10.4. The van der Waals surface area contributed by atoms with Crippen LogP contribution < -0.4 is 5.32 Å². The number of morpholine rings is 1. The molecule has 0 aromatic carbocycles. The topological polar surface area (TPSA) is 50.8 Å². The van der Waals surface area contributed by atoms with Crippen molar-refractivity contribution in [3.63, 3.8) is 0 Å². The molecule has 0 spiro atoms. The molecule has 0 bridgehead atoms. The van der Waals surface area contributed by atoms with Crippen molar-refractivity contribution >= 4 is 5.97 Å². The van der Waals surface area contributed by atoms with Gasteiger partial charge in [0.15, 0.2) is 0 Å². The average molecular weight is 216 g/mol. The number of esters is 1. The molecule has 0 amide bonds. The second-order valence-electron chi connectivity index (χ2n) is 3.59. The van der Waals surface area contributed by atoms with E-state index in [4.69, 9.17) is 9.47 Å². The minimum Gasteiger partial charge on any atom is -0.465 e. The predicted octanol–water partition coefficient (Wildman–Crippen LogP) is -0.530. The molecule has 0 aromatic rings. The van der Waals surface area contributed by atoms with Gasteiger partial charge in [-0.1, -0.05) is 0 Å². The second-order valence-corrected chi connectivity index (χ2v) is 3.59. The third-order valence-electron chi connectivity index (χ3n) is 2.31. The van der Waals surface area contributed by atoms with Crippen LogP contribution in [0.15, 0.2) is 0 Å². The molecule has 1 aliphatic heterocycles. The molecule has 1 rings (SSSR count). The van der Waals surface area contributed by atoms with Crippen LogP contribution in [0.25, 0.3) is 0 Å². The van der Waals surface area contributed by atoms with Crippen molar-refractivity contribution in [2.45, 2.75) is 13.0 Å². The van der Waals surface area contributed by atoms with Crippen LogP contribution in [0.3, 0.4) is 0 Å². The third kappa shape index (κ3) is 4.59. The smallest absolute Gasteiger partial charge is 0.320 e. The van der Waals surface area contributed by atoms with Crippen molar-refractivity contribution in [3.8, 4) is 0 Å². The maximum atomic E-state index is 11.3. The monoisotopic (exact) mass is 216 g/mol. The molecule has 15 heavy (non-hydrogen) atoms. The number of hydrogen-bond donors (Lipinski definition) is 1. The van der Waals surface area contributed by atoms with Crippen LogP contribution in [0.1, 0.15) is 6.92 Å². The first-order valence-electron chi connectivity index (χ1n) is 5.40. The lowest BCUT2D eigenvalue weighted by Gasteiger charge is -2.31. The molecule has 0 radical (unpaired) electrons. The van der Waals surface area contributed by atoms with Gasteiger partial charge in [-0.3, -0.25) is 9.69 Å². The van der Waals surface area contributed by atoms with Crippen LogP contribution in [0, 0.1) is 0 Å². The highest BCUT2D eigenvalue weighted by Gasteiger charge is 2.21. The van der Waals surface area contributed by atoms with Crippen LogP contribution in [-0.4, -0.2) is 63.4 Å². The van der Waals surface area contributed by atoms with E-state index in [-0.39, 0.29) is 12.1 Å². The van der Waals surface area contributed by atoms with Crippen molar-refractivity contribution < 1.29 is 14.3 Å². The largest absolute Gasteiger partial charge is 0.465 e. The zero-order valence-electron chi connectivity index (χ0n) is 9.49. The Hall–Kier alpha value is -0.650. The fourth-order valence-electron chi connectivity index (χ4n) is 1.66. The van der Waals surface area contributed by atoms with Gasteiger partial charge in [-0.2, -0.15) is 0 Å². The van der Waals surface area contributed by atoms with Gasteiger partial charge in [0.25, 0.3) is 0 Å². The number of hydrogen-bond acceptors (Lipinski definition) is 5. The van der Waals surface area contributed by atoms with E-state index in [9.17, 15) is 4.79 Å². The van der Waals surface area contributed by atoms with Crippen molar-refractivity contribution in [3.05, 3.63) is 0 Å². The molecule has 1 atom stereocenters. The van der Waals surface area contributed by atoms with E-state index in [0.29, 0.717) is 19.8 Å². The number of carbonyl (C=O) groups excluding carboxylic acids is 1. The van der Waals surface area contributed by atoms with Gasteiger partial charge in [-0.25, -0.2) is 0 Å². The molecule has 5 nitrogen and oxygen atoms in total. The van der Waals surface area contributed by atoms with Gasteiger partial charge < -0.3 is 14.8 Å². The minimum absolute atomic E-state index is 0.150. The Labute approximate surface area is 90.7 Å². The summed E-state index contributed by atoms with van der Waals surface area (Å²) in [6, 6.07) is 0. The van der Waals surface area contributed by atoms with E-state index < -0.39 is 0 Å². The lowest BCUT2D eigenvalue weighted by Crippen LogP contribution is -2.47. The maximum absolute atomic E-state index is 11.3. The lowest BCUT2D eigenvalue weighted by molar-refractivity contribution is -0.146. The second kappa shape index (κ2) is 6.76. The number of ether oxygens (including phenoxy) is 2. The first-order chi connectivity index (χ1) is 7.26. The summed E-state index contributed by atoms with van der Waals surface area (Å²) in [7, 11) is 1.90. The summed E-state index contributed by atoms with van der Waals surface area (Å²) in [6.07, 6.45) is 0.179. The molecule has 1 N–H and O–H groups in total. The fraction of sp³-hybridized carbons (Fsp3) is 0.900. The molecule has 0 aromatic heterocycles. The van der Waals surface area contributed by atoms with E-state index in [2.05, 4.69) is 10.2 Å². The van der Waals surface area contributed by atoms with Gasteiger partial charge in [-0.05, 0) is 14.0 Å². The molecule has 0 aliphatic carbocycles. The van der Waals surface area contributed by atoms with Crippen molar-refractivity contribution in [2.24, 2.45) is 0 Å². The summed E-state index contributed by atoms with van der Waals surface area (Å²) in [5.74, 6) is -0.150. The van der Waals surface area contributed by atoms with Gasteiger partial charge in [-0.15, -0.1) is 0 Å². The average Bonchev–Trinajstić information content (AvgIpc) is 2.19. The quantitative estimate of drug-likeness (QED) is 0.626. The summed E-state index contributed by atoms with van der Waals surface area (Å²) in [4.78, 5) is 13.3. The van der Waals surface area contributed by atoms with E-state index in [1.54, 1.807) is 0 Å². The zero-order valence-corrected chi connectivity index (χ0v) is 9.49. The highest BCUT2D eigenvalue weighted by Crippen LogP contribution is 2.04. The third-order valence-corrected chi connectivity index (χ3v) is 2.31. The number of carbonyl (C=O) groups is 1.